The number of benzene rings is 1. The van der Waals surface area contributed by atoms with E-state index in [1.165, 1.54) is 4.88 Å². The first-order valence-electron chi connectivity index (χ1n) is 6.56. The zero-order valence-electron chi connectivity index (χ0n) is 11.6. The van der Waals surface area contributed by atoms with Crippen molar-refractivity contribution in [2.75, 3.05) is 5.32 Å². The molecular formula is C15H13Cl2N3S. The number of nitrogens with zero attached hydrogens (tertiary/aromatic N) is 2. The molecule has 0 amide bonds. The van der Waals surface area contributed by atoms with Crippen LogP contribution < -0.4 is 5.32 Å². The zero-order chi connectivity index (χ0) is 15.0. The fourth-order valence-electron chi connectivity index (χ4n) is 2.08. The van der Waals surface area contributed by atoms with Crippen molar-refractivity contribution in [3.8, 4) is 0 Å². The van der Waals surface area contributed by atoms with Gasteiger partial charge in [-0.2, -0.15) is 0 Å². The van der Waals surface area contributed by atoms with E-state index in [-0.39, 0.29) is 0 Å². The van der Waals surface area contributed by atoms with Crippen LogP contribution in [0.1, 0.15) is 17.6 Å². The minimum atomic E-state index is 0.495. The molecule has 1 N–H and O–H groups in total. The minimum Gasteiger partial charge on any atom is -0.338 e. The van der Waals surface area contributed by atoms with E-state index in [0.29, 0.717) is 10.0 Å². The summed E-state index contributed by atoms with van der Waals surface area (Å²) >= 11 is 14.0. The van der Waals surface area contributed by atoms with Crippen LogP contribution in [0, 0.1) is 6.92 Å². The number of anilines is 2. The first-order chi connectivity index (χ1) is 10.1. The van der Waals surface area contributed by atoms with Crippen LogP contribution in [-0.2, 0) is 6.42 Å². The van der Waals surface area contributed by atoms with E-state index < -0.39 is 0 Å². The Morgan fingerprint density at radius 1 is 1.24 bits per heavy atom. The SMILES string of the molecule is CCc1cc2c(Nc3cccc(Cl)c3Cl)nc(C)nc2s1. The highest BCUT2D eigenvalue weighted by atomic mass is 35.5. The van der Waals surface area contributed by atoms with E-state index in [9.17, 15) is 0 Å². The number of aryl methyl sites for hydroxylation is 2. The average molecular weight is 338 g/mol. The maximum atomic E-state index is 6.23. The van der Waals surface area contributed by atoms with Crippen LogP contribution in [0.2, 0.25) is 10.0 Å². The Kier molecular flexibility index (Phi) is 4.02. The lowest BCUT2D eigenvalue weighted by Gasteiger charge is -2.10. The van der Waals surface area contributed by atoms with Crippen LogP contribution in [0.25, 0.3) is 10.2 Å². The van der Waals surface area contributed by atoms with Crippen molar-refractivity contribution >= 4 is 56.3 Å². The molecular weight excluding hydrogens is 325 g/mol. The molecule has 2 aromatic heterocycles. The van der Waals surface area contributed by atoms with Crippen LogP contribution in [0.4, 0.5) is 11.5 Å². The Hall–Kier alpha value is -1.36. The molecule has 6 heteroatoms. The minimum absolute atomic E-state index is 0.495. The summed E-state index contributed by atoms with van der Waals surface area (Å²) in [6, 6.07) is 7.62. The van der Waals surface area contributed by atoms with Gasteiger partial charge in [0.15, 0.2) is 0 Å². The molecule has 0 radical (unpaired) electrons. The zero-order valence-corrected chi connectivity index (χ0v) is 13.9. The van der Waals surface area contributed by atoms with Crippen molar-refractivity contribution in [1.29, 1.82) is 0 Å². The third-order valence-electron chi connectivity index (χ3n) is 3.11. The number of thiophene rings is 1. The standard InChI is InChI=1S/C15H13Cl2N3S/c1-3-9-7-10-14(18-8(2)19-15(10)21-9)20-12-6-4-5-11(16)13(12)17/h4-7H,3H2,1-2H3,(H,18,19,20). The van der Waals surface area contributed by atoms with Gasteiger partial charge in [0, 0.05) is 4.88 Å². The van der Waals surface area contributed by atoms with E-state index in [0.717, 1.165) is 34.0 Å². The maximum Gasteiger partial charge on any atom is 0.142 e. The first kappa shape index (κ1) is 14.6. The molecule has 21 heavy (non-hydrogen) atoms. The third kappa shape index (κ3) is 2.84. The first-order valence-corrected chi connectivity index (χ1v) is 8.14. The Balaban J connectivity index is 2.11. The Morgan fingerprint density at radius 3 is 2.81 bits per heavy atom. The molecule has 0 saturated heterocycles. The summed E-state index contributed by atoms with van der Waals surface area (Å²) in [6.07, 6.45) is 0.984. The number of nitrogens with one attached hydrogen (secondary N) is 1. The van der Waals surface area contributed by atoms with Crippen molar-refractivity contribution in [3.05, 3.63) is 45.0 Å². The van der Waals surface area contributed by atoms with E-state index in [2.05, 4.69) is 28.3 Å². The number of hydrogen-bond acceptors (Lipinski definition) is 4. The lowest BCUT2D eigenvalue weighted by Crippen LogP contribution is -1.98. The number of rotatable bonds is 3. The predicted octanol–water partition coefficient (Wildman–Crippen LogP) is 5.61. The lowest BCUT2D eigenvalue weighted by atomic mass is 10.2. The van der Waals surface area contributed by atoms with E-state index >= 15 is 0 Å². The monoisotopic (exact) mass is 337 g/mol. The highest BCUT2D eigenvalue weighted by Crippen LogP contribution is 2.35. The van der Waals surface area contributed by atoms with Crippen molar-refractivity contribution in [2.24, 2.45) is 0 Å². The van der Waals surface area contributed by atoms with Crippen molar-refractivity contribution in [3.63, 3.8) is 0 Å². The summed E-state index contributed by atoms with van der Waals surface area (Å²) in [4.78, 5) is 11.3. The molecule has 0 aliphatic rings. The highest BCUT2D eigenvalue weighted by Gasteiger charge is 2.12. The lowest BCUT2D eigenvalue weighted by molar-refractivity contribution is 1.10. The van der Waals surface area contributed by atoms with Crippen LogP contribution >= 0.6 is 34.5 Å². The fourth-order valence-corrected chi connectivity index (χ4v) is 3.44. The second-order valence-electron chi connectivity index (χ2n) is 4.63. The van der Waals surface area contributed by atoms with E-state index in [1.54, 1.807) is 17.4 Å². The van der Waals surface area contributed by atoms with Gasteiger partial charge < -0.3 is 5.32 Å². The Labute approximate surface area is 137 Å². The Bertz CT molecular complexity index is 814. The van der Waals surface area contributed by atoms with Gasteiger partial charge in [0.25, 0.3) is 0 Å². The molecule has 3 aromatic rings. The summed E-state index contributed by atoms with van der Waals surface area (Å²) < 4.78 is 0. The van der Waals surface area contributed by atoms with Gasteiger partial charge in [0.05, 0.1) is 21.1 Å². The summed E-state index contributed by atoms with van der Waals surface area (Å²) in [7, 11) is 0. The molecule has 0 aliphatic heterocycles. The molecule has 0 bridgehead atoms. The van der Waals surface area contributed by atoms with Crippen LogP contribution in [0.15, 0.2) is 24.3 Å². The average Bonchev–Trinajstić information content (AvgIpc) is 2.87. The van der Waals surface area contributed by atoms with Crippen LogP contribution in [-0.4, -0.2) is 9.97 Å². The quantitative estimate of drug-likeness (QED) is 0.674. The third-order valence-corrected chi connectivity index (χ3v) is 5.10. The summed E-state index contributed by atoms with van der Waals surface area (Å²) in [6.45, 7) is 4.02. The van der Waals surface area contributed by atoms with Crippen molar-refractivity contribution in [2.45, 2.75) is 20.3 Å². The van der Waals surface area contributed by atoms with Gasteiger partial charge in [-0.1, -0.05) is 36.2 Å². The van der Waals surface area contributed by atoms with Crippen LogP contribution in [0.3, 0.4) is 0 Å². The van der Waals surface area contributed by atoms with Crippen molar-refractivity contribution < 1.29 is 0 Å². The smallest absolute Gasteiger partial charge is 0.142 e. The molecule has 3 rings (SSSR count). The maximum absolute atomic E-state index is 6.23. The largest absolute Gasteiger partial charge is 0.338 e. The molecule has 3 nitrogen and oxygen atoms in total. The number of aromatic nitrogens is 2. The van der Waals surface area contributed by atoms with Gasteiger partial charge in [0.2, 0.25) is 0 Å². The topological polar surface area (TPSA) is 37.8 Å². The highest BCUT2D eigenvalue weighted by molar-refractivity contribution is 7.18. The summed E-state index contributed by atoms with van der Waals surface area (Å²) in [5, 5.41) is 5.30. The number of hydrogen-bond donors (Lipinski definition) is 1. The van der Waals surface area contributed by atoms with Gasteiger partial charge in [-0.05, 0) is 31.5 Å². The van der Waals surface area contributed by atoms with Crippen LogP contribution in [0.5, 0.6) is 0 Å². The molecule has 0 aliphatic carbocycles. The molecule has 2 heterocycles. The second kappa shape index (κ2) is 5.79. The predicted molar refractivity (Wildman–Crippen MR) is 91.3 cm³/mol. The molecule has 0 saturated carbocycles. The van der Waals surface area contributed by atoms with E-state index in [1.807, 2.05) is 19.1 Å². The molecule has 0 unspecified atom stereocenters. The van der Waals surface area contributed by atoms with Gasteiger partial charge in [0.1, 0.15) is 16.5 Å². The van der Waals surface area contributed by atoms with Gasteiger partial charge >= 0.3 is 0 Å². The summed E-state index contributed by atoms with van der Waals surface area (Å²) in [5.74, 6) is 1.49. The molecule has 108 valence electrons. The number of fused-ring (bicyclic) bond motifs is 1. The normalized spacial score (nSPS) is 11.0. The summed E-state index contributed by atoms with van der Waals surface area (Å²) in [5.41, 5.74) is 0.743. The second-order valence-corrected chi connectivity index (χ2v) is 6.53. The van der Waals surface area contributed by atoms with Gasteiger partial charge in [-0.15, -0.1) is 11.3 Å². The fraction of sp³-hybridized carbons (Fsp3) is 0.200. The molecule has 0 spiro atoms. The van der Waals surface area contributed by atoms with Gasteiger partial charge in [-0.25, -0.2) is 9.97 Å². The molecule has 0 atom stereocenters. The van der Waals surface area contributed by atoms with E-state index in [4.69, 9.17) is 23.2 Å². The molecule has 1 aromatic carbocycles. The number of halogens is 2. The van der Waals surface area contributed by atoms with Crippen molar-refractivity contribution in [1.82, 2.24) is 9.97 Å². The van der Waals surface area contributed by atoms with Gasteiger partial charge in [-0.3, -0.25) is 0 Å². The Morgan fingerprint density at radius 2 is 2.05 bits per heavy atom. The molecule has 0 fully saturated rings.